The lowest BCUT2D eigenvalue weighted by Crippen LogP contribution is -2.41. The van der Waals surface area contributed by atoms with Crippen molar-refractivity contribution < 1.29 is 27.5 Å². The van der Waals surface area contributed by atoms with Crippen molar-refractivity contribution in [1.82, 2.24) is 15.4 Å². The molecule has 0 atom stereocenters. The SMILES string of the molecule is CC(=O)Nc1ccc(S(=O)(=O)NCCNC(=O)CNC(=O)OC(C)(C)C)cc1. The predicted octanol–water partition coefficient (Wildman–Crippen LogP) is 0.564. The number of benzene rings is 1. The monoisotopic (exact) mass is 414 g/mol. The van der Waals surface area contributed by atoms with E-state index in [1.165, 1.54) is 31.2 Å². The fraction of sp³-hybridized carbons (Fsp3) is 0.471. The Morgan fingerprint density at radius 2 is 1.61 bits per heavy atom. The first-order chi connectivity index (χ1) is 12.9. The van der Waals surface area contributed by atoms with Crippen LogP contribution in [0.4, 0.5) is 10.5 Å². The summed E-state index contributed by atoms with van der Waals surface area (Å²) in [6, 6.07) is 5.66. The molecular weight excluding hydrogens is 388 g/mol. The Labute approximate surface area is 164 Å². The van der Waals surface area contributed by atoms with Crippen LogP contribution in [0.25, 0.3) is 0 Å². The summed E-state index contributed by atoms with van der Waals surface area (Å²) < 4.78 is 31.7. The van der Waals surface area contributed by atoms with Gasteiger partial charge in [0.25, 0.3) is 0 Å². The molecule has 0 saturated carbocycles. The molecule has 0 aliphatic carbocycles. The minimum absolute atomic E-state index is 0.0273. The van der Waals surface area contributed by atoms with Gasteiger partial charge in [-0.2, -0.15) is 0 Å². The van der Waals surface area contributed by atoms with Crippen molar-refractivity contribution >= 4 is 33.6 Å². The number of ether oxygens (including phenoxy) is 1. The van der Waals surface area contributed by atoms with Gasteiger partial charge in [-0.1, -0.05) is 0 Å². The fourth-order valence-corrected chi connectivity index (χ4v) is 2.95. The molecule has 0 aromatic heterocycles. The summed E-state index contributed by atoms with van der Waals surface area (Å²) in [5.74, 6) is -0.740. The third-order valence-electron chi connectivity index (χ3n) is 3.02. The molecule has 156 valence electrons. The minimum Gasteiger partial charge on any atom is -0.444 e. The molecule has 3 amide bonds. The van der Waals surface area contributed by atoms with E-state index in [1.807, 2.05) is 0 Å². The van der Waals surface area contributed by atoms with E-state index in [1.54, 1.807) is 20.8 Å². The Hall–Kier alpha value is -2.66. The van der Waals surface area contributed by atoms with Gasteiger partial charge in [-0.15, -0.1) is 0 Å². The molecule has 4 N–H and O–H groups in total. The highest BCUT2D eigenvalue weighted by Gasteiger charge is 2.17. The molecule has 0 aliphatic rings. The van der Waals surface area contributed by atoms with Crippen LogP contribution in [0.15, 0.2) is 29.2 Å². The number of nitrogens with one attached hydrogen (secondary N) is 4. The maximum atomic E-state index is 12.2. The van der Waals surface area contributed by atoms with E-state index >= 15 is 0 Å². The van der Waals surface area contributed by atoms with Crippen LogP contribution in [0.5, 0.6) is 0 Å². The molecular formula is C17H26N4O6S. The van der Waals surface area contributed by atoms with E-state index in [4.69, 9.17) is 4.74 Å². The molecule has 0 spiro atoms. The lowest BCUT2D eigenvalue weighted by atomic mass is 10.2. The van der Waals surface area contributed by atoms with Gasteiger partial charge in [0.05, 0.1) is 11.4 Å². The van der Waals surface area contributed by atoms with E-state index < -0.39 is 27.6 Å². The van der Waals surface area contributed by atoms with Crippen LogP contribution >= 0.6 is 0 Å². The average Bonchev–Trinajstić information content (AvgIpc) is 2.55. The van der Waals surface area contributed by atoms with E-state index in [0.717, 1.165) is 0 Å². The highest BCUT2D eigenvalue weighted by Crippen LogP contribution is 2.13. The van der Waals surface area contributed by atoms with Gasteiger partial charge in [0, 0.05) is 25.7 Å². The average molecular weight is 414 g/mol. The number of sulfonamides is 1. The second-order valence-corrected chi connectivity index (χ2v) is 8.58. The Morgan fingerprint density at radius 3 is 2.14 bits per heavy atom. The number of hydrogen-bond donors (Lipinski definition) is 4. The van der Waals surface area contributed by atoms with E-state index in [2.05, 4.69) is 20.7 Å². The van der Waals surface area contributed by atoms with Crippen molar-refractivity contribution in [3.05, 3.63) is 24.3 Å². The second-order valence-electron chi connectivity index (χ2n) is 6.81. The number of rotatable bonds is 8. The summed E-state index contributed by atoms with van der Waals surface area (Å²) in [7, 11) is -3.75. The summed E-state index contributed by atoms with van der Waals surface area (Å²) in [4.78, 5) is 34.1. The number of amides is 3. The third-order valence-corrected chi connectivity index (χ3v) is 4.49. The zero-order chi connectivity index (χ0) is 21.4. The van der Waals surface area contributed by atoms with Gasteiger partial charge < -0.3 is 20.7 Å². The molecule has 28 heavy (non-hydrogen) atoms. The number of alkyl carbamates (subject to hydrolysis) is 1. The fourth-order valence-electron chi connectivity index (χ4n) is 1.92. The van der Waals surface area contributed by atoms with E-state index in [-0.39, 0.29) is 30.4 Å². The topological polar surface area (TPSA) is 143 Å². The van der Waals surface area contributed by atoms with Crippen LogP contribution in [0.1, 0.15) is 27.7 Å². The van der Waals surface area contributed by atoms with Crippen LogP contribution < -0.4 is 20.7 Å². The van der Waals surface area contributed by atoms with Crippen LogP contribution in [-0.2, 0) is 24.3 Å². The normalized spacial score (nSPS) is 11.4. The molecule has 0 bridgehead atoms. The summed E-state index contributed by atoms with van der Waals surface area (Å²) in [5.41, 5.74) is -0.185. The van der Waals surface area contributed by atoms with Gasteiger partial charge in [0.2, 0.25) is 21.8 Å². The lowest BCUT2D eigenvalue weighted by Gasteiger charge is -2.19. The first-order valence-electron chi connectivity index (χ1n) is 8.50. The second kappa shape index (κ2) is 10.0. The number of carbonyl (C=O) groups is 3. The molecule has 10 nitrogen and oxygen atoms in total. The zero-order valence-electron chi connectivity index (χ0n) is 16.3. The van der Waals surface area contributed by atoms with Crippen molar-refractivity contribution in [2.24, 2.45) is 0 Å². The Balaban J connectivity index is 2.37. The number of anilines is 1. The summed E-state index contributed by atoms with van der Waals surface area (Å²) in [6.07, 6.45) is -0.717. The van der Waals surface area contributed by atoms with Gasteiger partial charge in [0.1, 0.15) is 5.60 Å². The van der Waals surface area contributed by atoms with Gasteiger partial charge in [-0.25, -0.2) is 17.9 Å². The Morgan fingerprint density at radius 1 is 1.00 bits per heavy atom. The standard InChI is InChI=1S/C17H26N4O6S/c1-12(22)21-13-5-7-14(8-6-13)28(25,26)20-10-9-18-15(23)11-19-16(24)27-17(2,3)4/h5-8,20H,9-11H2,1-4H3,(H,18,23)(H,19,24)(H,21,22). The zero-order valence-corrected chi connectivity index (χ0v) is 17.1. The molecule has 0 saturated heterocycles. The highest BCUT2D eigenvalue weighted by molar-refractivity contribution is 7.89. The Kier molecular flexibility index (Phi) is 8.38. The Bertz CT molecular complexity index is 800. The smallest absolute Gasteiger partial charge is 0.408 e. The number of hydrogen-bond acceptors (Lipinski definition) is 6. The predicted molar refractivity (Wildman–Crippen MR) is 103 cm³/mol. The maximum absolute atomic E-state index is 12.2. The van der Waals surface area contributed by atoms with Crippen molar-refractivity contribution in [1.29, 1.82) is 0 Å². The first kappa shape index (κ1) is 23.4. The molecule has 0 heterocycles. The highest BCUT2D eigenvalue weighted by atomic mass is 32.2. The van der Waals surface area contributed by atoms with Crippen molar-refractivity contribution in [3.8, 4) is 0 Å². The van der Waals surface area contributed by atoms with Crippen LogP contribution in [0.3, 0.4) is 0 Å². The van der Waals surface area contributed by atoms with Crippen LogP contribution in [0.2, 0.25) is 0 Å². The minimum atomic E-state index is -3.75. The van der Waals surface area contributed by atoms with Crippen molar-refractivity contribution in [2.45, 2.75) is 38.2 Å². The third kappa shape index (κ3) is 9.33. The molecule has 11 heteroatoms. The van der Waals surface area contributed by atoms with E-state index in [9.17, 15) is 22.8 Å². The summed E-state index contributed by atoms with van der Waals surface area (Å²) >= 11 is 0. The first-order valence-corrected chi connectivity index (χ1v) is 9.98. The van der Waals surface area contributed by atoms with Gasteiger partial charge in [0.15, 0.2) is 0 Å². The van der Waals surface area contributed by atoms with Crippen molar-refractivity contribution in [2.75, 3.05) is 25.0 Å². The molecule has 0 aliphatic heterocycles. The molecule has 0 radical (unpaired) electrons. The van der Waals surface area contributed by atoms with E-state index in [0.29, 0.717) is 5.69 Å². The van der Waals surface area contributed by atoms with Crippen molar-refractivity contribution in [3.63, 3.8) is 0 Å². The molecule has 1 aromatic carbocycles. The molecule has 0 unspecified atom stereocenters. The summed E-state index contributed by atoms with van der Waals surface area (Å²) in [6.45, 7) is 6.17. The number of carbonyl (C=O) groups excluding carboxylic acids is 3. The van der Waals surface area contributed by atoms with Crippen LogP contribution in [-0.4, -0.2) is 51.6 Å². The van der Waals surface area contributed by atoms with Gasteiger partial charge >= 0.3 is 6.09 Å². The van der Waals surface area contributed by atoms with Gasteiger partial charge in [-0.3, -0.25) is 9.59 Å². The molecule has 1 rings (SSSR count). The van der Waals surface area contributed by atoms with Crippen LogP contribution in [0, 0.1) is 0 Å². The largest absolute Gasteiger partial charge is 0.444 e. The van der Waals surface area contributed by atoms with Gasteiger partial charge in [-0.05, 0) is 45.0 Å². The lowest BCUT2D eigenvalue weighted by molar-refractivity contribution is -0.120. The quantitative estimate of drug-likeness (QED) is 0.458. The molecule has 0 fully saturated rings. The molecule has 1 aromatic rings. The summed E-state index contributed by atoms with van der Waals surface area (Å²) in [5, 5.41) is 7.31. The maximum Gasteiger partial charge on any atom is 0.408 e.